The van der Waals surface area contributed by atoms with Crippen molar-refractivity contribution in [3.8, 4) is 0 Å². The molecule has 0 bridgehead atoms. The molecule has 108 valence electrons. The third-order valence-electron chi connectivity index (χ3n) is 2.42. The molecule has 6 nitrogen and oxygen atoms in total. The lowest BCUT2D eigenvalue weighted by Gasteiger charge is -2.06. The molecule has 0 unspecified atom stereocenters. The second-order valence-electron chi connectivity index (χ2n) is 4.02. The summed E-state index contributed by atoms with van der Waals surface area (Å²) in [4.78, 5) is 23.2. The van der Waals surface area contributed by atoms with Gasteiger partial charge in [0.15, 0.2) is 6.20 Å². The number of anilines is 1. The molecule has 0 saturated heterocycles. The summed E-state index contributed by atoms with van der Waals surface area (Å²) in [5.74, 6) is -0.494. The first kappa shape index (κ1) is 14.9. The van der Waals surface area contributed by atoms with Crippen molar-refractivity contribution in [1.82, 2.24) is 5.32 Å². The number of carbonyl (C=O) groups is 2. The number of benzene rings is 1. The molecule has 0 atom stereocenters. The normalized spacial score (nSPS) is 9.90. The standard InChI is InChI=1S/C14H13N3O3S/c18-12(10-21-13-8-4-5-9-17(13)20)16-14(19)15-11-6-2-1-3-7-11/h1-9H,10H2,(H2,15,16,18,19). The minimum atomic E-state index is -0.602. The molecule has 0 spiro atoms. The maximum Gasteiger partial charge on any atom is 0.325 e. The van der Waals surface area contributed by atoms with E-state index in [9.17, 15) is 14.8 Å². The SMILES string of the molecule is O=C(CSc1cccc[n+]1[O-])NC(=O)Nc1ccccc1. The molecular formula is C14H13N3O3S. The molecule has 1 aromatic heterocycles. The zero-order chi connectivity index (χ0) is 15.1. The van der Waals surface area contributed by atoms with Crippen molar-refractivity contribution in [3.63, 3.8) is 0 Å². The zero-order valence-electron chi connectivity index (χ0n) is 11.0. The molecule has 0 fully saturated rings. The Labute approximate surface area is 125 Å². The highest BCUT2D eigenvalue weighted by Crippen LogP contribution is 2.11. The number of amides is 3. The van der Waals surface area contributed by atoms with Gasteiger partial charge in [-0.05, 0) is 30.0 Å². The van der Waals surface area contributed by atoms with Crippen LogP contribution in [0.5, 0.6) is 0 Å². The van der Waals surface area contributed by atoms with Gasteiger partial charge in [-0.2, -0.15) is 4.73 Å². The van der Waals surface area contributed by atoms with Crippen molar-refractivity contribution in [2.45, 2.75) is 5.03 Å². The Morgan fingerprint density at radius 1 is 1.10 bits per heavy atom. The summed E-state index contributed by atoms with van der Waals surface area (Å²) in [6, 6.07) is 13.1. The Morgan fingerprint density at radius 3 is 2.52 bits per heavy atom. The summed E-state index contributed by atoms with van der Waals surface area (Å²) >= 11 is 1.06. The fraction of sp³-hybridized carbons (Fsp3) is 0.0714. The van der Waals surface area contributed by atoms with E-state index in [2.05, 4.69) is 10.6 Å². The second-order valence-corrected chi connectivity index (χ2v) is 5.02. The molecule has 1 heterocycles. The number of urea groups is 1. The molecule has 21 heavy (non-hydrogen) atoms. The Hall–Kier alpha value is -2.54. The minimum absolute atomic E-state index is 0.0194. The lowest BCUT2D eigenvalue weighted by atomic mass is 10.3. The van der Waals surface area contributed by atoms with Crippen LogP contribution in [0.15, 0.2) is 59.8 Å². The van der Waals surface area contributed by atoms with Gasteiger partial charge in [-0.1, -0.05) is 18.2 Å². The average molecular weight is 303 g/mol. The van der Waals surface area contributed by atoms with E-state index in [-0.39, 0.29) is 5.75 Å². The van der Waals surface area contributed by atoms with E-state index in [4.69, 9.17) is 0 Å². The van der Waals surface area contributed by atoms with E-state index in [0.717, 1.165) is 11.8 Å². The zero-order valence-corrected chi connectivity index (χ0v) is 11.8. The van der Waals surface area contributed by atoms with Crippen molar-refractivity contribution >= 4 is 29.4 Å². The van der Waals surface area contributed by atoms with Crippen LogP contribution in [0.1, 0.15) is 0 Å². The van der Waals surface area contributed by atoms with Crippen LogP contribution in [0.4, 0.5) is 10.5 Å². The van der Waals surface area contributed by atoms with Crippen molar-refractivity contribution in [1.29, 1.82) is 0 Å². The number of hydrogen-bond donors (Lipinski definition) is 2. The van der Waals surface area contributed by atoms with Gasteiger partial charge in [0.1, 0.15) is 0 Å². The highest BCUT2D eigenvalue weighted by molar-refractivity contribution is 7.99. The van der Waals surface area contributed by atoms with Gasteiger partial charge in [0.05, 0.1) is 5.75 Å². The second kappa shape index (κ2) is 7.30. The third-order valence-corrected chi connectivity index (χ3v) is 3.44. The molecule has 2 aromatic rings. The fourth-order valence-corrected chi connectivity index (χ4v) is 2.22. The number of rotatable bonds is 4. The van der Waals surface area contributed by atoms with Crippen LogP contribution < -0.4 is 15.4 Å². The predicted octanol–water partition coefficient (Wildman–Crippen LogP) is 1.76. The maximum absolute atomic E-state index is 11.6. The Balaban J connectivity index is 1.79. The molecule has 0 radical (unpaired) electrons. The Bertz CT molecular complexity index is 634. The van der Waals surface area contributed by atoms with Gasteiger partial charge in [0.25, 0.3) is 5.03 Å². The Morgan fingerprint density at radius 2 is 1.81 bits per heavy atom. The molecule has 3 amide bonds. The van der Waals surface area contributed by atoms with E-state index in [1.165, 1.54) is 6.20 Å². The topological polar surface area (TPSA) is 85.1 Å². The van der Waals surface area contributed by atoms with E-state index in [0.29, 0.717) is 15.4 Å². The van der Waals surface area contributed by atoms with Gasteiger partial charge in [-0.3, -0.25) is 10.1 Å². The summed E-state index contributed by atoms with van der Waals surface area (Å²) in [6.45, 7) is 0. The lowest BCUT2D eigenvalue weighted by molar-refractivity contribution is -0.645. The van der Waals surface area contributed by atoms with Gasteiger partial charge in [0, 0.05) is 17.8 Å². The van der Waals surface area contributed by atoms with Crippen molar-refractivity contribution in [3.05, 3.63) is 59.9 Å². The highest BCUT2D eigenvalue weighted by atomic mass is 32.2. The number of nitrogens with zero attached hydrogens (tertiary/aromatic N) is 1. The van der Waals surface area contributed by atoms with Crippen LogP contribution in [0.3, 0.4) is 0 Å². The first-order valence-electron chi connectivity index (χ1n) is 6.12. The third kappa shape index (κ3) is 4.81. The average Bonchev–Trinajstić information content (AvgIpc) is 2.47. The first-order chi connectivity index (χ1) is 10.1. The van der Waals surface area contributed by atoms with E-state index in [1.807, 2.05) is 6.07 Å². The predicted molar refractivity (Wildman–Crippen MR) is 79.7 cm³/mol. The molecule has 0 aliphatic carbocycles. The van der Waals surface area contributed by atoms with Gasteiger partial charge in [-0.15, -0.1) is 0 Å². The number of imide groups is 1. The summed E-state index contributed by atoms with van der Waals surface area (Å²) in [6.07, 6.45) is 1.35. The molecule has 7 heteroatoms. The Kier molecular flexibility index (Phi) is 5.16. The van der Waals surface area contributed by atoms with Gasteiger partial charge < -0.3 is 10.5 Å². The highest BCUT2D eigenvalue weighted by Gasteiger charge is 2.11. The van der Waals surface area contributed by atoms with Crippen molar-refractivity contribution in [2.24, 2.45) is 0 Å². The molecule has 0 aliphatic rings. The van der Waals surface area contributed by atoms with Crippen molar-refractivity contribution in [2.75, 3.05) is 11.1 Å². The van der Waals surface area contributed by atoms with Crippen molar-refractivity contribution < 1.29 is 14.3 Å². The molecule has 0 aliphatic heterocycles. The maximum atomic E-state index is 11.6. The molecule has 2 N–H and O–H groups in total. The largest absolute Gasteiger partial charge is 0.618 e. The van der Waals surface area contributed by atoms with Gasteiger partial charge in [0.2, 0.25) is 5.91 Å². The monoisotopic (exact) mass is 303 g/mol. The fourth-order valence-electron chi connectivity index (χ4n) is 1.51. The number of para-hydroxylation sites is 1. The smallest absolute Gasteiger partial charge is 0.325 e. The summed E-state index contributed by atoms with van der Waals surface area (Å²) in [7, 11) is 0. The summed E-state index contributed by atoms with van der Waals surface area (Å²) in [5, 5.41) is 16.5. The van der Waals surface area contributed by atoms with Gasteiger partial charge >= 0.3 is 6.03 Å². The van der Waals surface area contributed by atoms with Crippen LogP contribution in [0.2, 0.25) is 0 Å². The van der Waals surface area contributed by atoms with Crippen LogP contribution in [-0.4, -0.2) is 17.7 Å². The minimum Gasteiger partial charge on any atom is -0.618 e. The number of carbonyl (C=O) groups excluding carboxylic acids is 2. The summed E-state index contributed by atoms with van der Waals surface area (Å²) in [5.41, 5.74) is 0.593. The van der Waals surface area contributed by atoms with Crippen LogP contribution in [-0.2, 0) is 4.79 Å². The quantitative estimate of drug-likeness (QED) is 0.512. The van der Waals surface area contributed by atoms with E-state index < -0.39 is 11.9 Å². The molecule has 0 saturated carbocycles. The number of pyridine rings is 1. The van der Waals surface area contributed by atoms with Crippen LogP contribution >= 0.6 is 11.8 Å². The molecule has 2 rings (SSSR count). The number of thioether (sulfide) groups is 1. The molecule has 1 aromatic carbocycles. The molecular weight excluding hydrogens is 290 g/mol. The first-order valence-corrected chi connectivity index (χ1v) is 7.10. The van der Waals surface area contributed by atoms with Gasteiger partial charge in [-0.25, -0.2) is 4.79 Å². The van der Waals surface area contributed by atoms with E-state index in [1.54, 1.807) is 42.5 Å². The van der Waals surface area contributed by atoms with E-state index >= 15 is 0 Å². The lowest BCUT2D eigenvalue weighted by Crippen LogP contribution is -2.36. The number of aromatic nitrogens is 1. The van der Waals surface area contributed by atoms with Crippen LogP contribution in [0.25, 0.3) is 0 Å². The number of hydrogen-bond acceptors (Lipinski definition) is 4. The van der Waals surface area contributed by atoms with Crippen LogP contribution in [0, 0.1) is 5.21 Å². The number of nitrogens with one attached hydrogen (secondary N) is 2. The summed E-state index contributed by atoms with van der Waals surface area (Å²) < 4.78 is 0.669.